The van der Waals surface area contributed by atoms with Crippen molar-refractivity contribution in [2.75, 3.05) is 78.8 Å². The molecule has 0 aromatic heterocycles. The highest BCUT2D eigenvalue weighted by Gasteiger charge is 2.40. The minimum Gasteiger partial charge on any atom is -0.508 e. The summed E-state index contributed by atoms with van der Waals surface area (Å²) in [4.78, 5) is 78.7. The standard InChI is InChI=1S/C23H25ClF3NO2.C18H24ClNO3.C16H22ClNO2.C10H10Cl2O.C8H15NO2.C7H5F3O/c1-22(2,17-5-9-19(24)10-6-17)21(29)28-13-3-4-16(14-28)15-30-20-11-7-18(8-12-20)23(25,26)27;1-4-23-16(21)13-6-5-11-20(12-13)17(22)18(2,3)14-7-9-15(19)10-8-14;1-16(2,13-5-7-14(17)8-6-13)15(20)18-9-3-4-12(10-18)11-19;1-10(2,9(12)13)7-3-5-8(11)6-4-7;1-2-11-8(10)7-4-3-5-9-6-7;8-7(9,10)5-1-3-6(11)4-2-5/h5-12,16H,3-4,13-15H2,1-2H3;7-10,13H,4-6,11-12H2,1-3H3;5-8,12,19H,3-4,9-11H2,1-2H3;3-6H,1-2H3;7,9H,2-6H2,1H3;1-4,11H/t16-;13-;12-;;7-;/m111.0./s1. The SMILES string of the molecule is CC(C)(C(=O)Cl)c1ccc(Cl)cc1.CC(C)(C(=O)N1CCC[C@@H](CO)C1)c1ccc(Cl)cc1.CC(C)(C(=O)N1CCC[C@@H](COc2ccc(C(F)(F)F)cc2)C1)c1ccc(Cl)cc1.CCOC(=O)[C@@H]1CCCN(C(=O)C(C)(C)c2ccc(Cl)cc2)C1.CCOC(=O)[C@H]1CCCNC1.Oc1ccc(C(F)(F)F)cc1. The summed E-state index contributed by atoms with van der Waals surface area (Å²) >= 11 is 29.0. The van der Waals surface area contributed by atoms with Crippen molar-refractivity contribution in [3.05, 3.63) is 199 Å². The molecule has 3 N–H and O–H groups in total. The lowest BCUT2D eigenvalue weighted by Gasteiger charge is -2.37. The molecule has 0 bridgehead atoms. The number of carbonyl (C=O) groups excluding carboxylic acids is 6. The quantitative estimate of drug-likeness (QED) is 0.0473. The van der Waals surface area contributed by atoms with Crippen LogP contribution in [-0.4, -0.2) is 139 Å². The number of aromatic hydroxyl groups is 1. The summed E-state index contributed by atoms with van der Waals surface area (Å²) in [5.41, 5.74) is -0.333. The predicted octanol–water partition coefficient (Wildman–Crippen LogP) is 18.6. The van der Waals surface area contributed by atoms with E-state index in [2.05, 4.69) is 5.32 Å². The van der Waals surface area contributed by atoms with Crippen LogP contribution in [0.25, 0.3) is 0 Å². The van der Waals surface area contributed by atoms with Gasteiger partial charge >= 0.3 is 24.3 Å². The second-order valence-electron chi connectivity index (χ2n) is 29.0. The maximum absolute atomic E-state index is 13.2. The molecule has 0 aliphatic carbocycles. The first-order chi connectivity index (χ1) is 50.7. The number of esters is 2. The van der Waals surface area contributed by atoms with Crippen molar-refractivity contribution < 1.29 is 79.5 Å². The molecular weight excluding hydrogens is 1510 g/mol. The fraction of sp³-hybridized carbons (Fsp3) is 0.488. The molecule has 0 spiro atoms. The number of nitrogens with zero attached hydrogens (tertiary/aromatic N) is 3. The number of hydrogen-bond acceptors (Lipinski definition) is 12. The third-order valence-electron chi connectivity index (χ3n) is 19.3. The molecule has 3 amide bonds. The Morgan fingerprint density at radius 1 is 0.444 bits per heavy atom. The van der Waals surface area contributed by atoms with Gasteiger partial charge in [-0.1, -0.05) is 94.9 Å². The molecule has 4 fully saturated rings. The maximum atomic E-state index is 13.2. The molecule has 108 heavy (non-hydrogen) atoms. The van der Waals surface area contributed by atoms with E-state index in [-0.39, 0.29) is 70.9 Å². The molecule has 10 rings (SSSR count). The molecule has 6 aromatic rings. The number of ether oxygens (including phenoxy) is 3. The number of halogens is 11. The smallest absolute Gasteiger partial charge is 0.416 e. The summed E-state index contributed by atoms with van der Waals surface area (Å²) in [6.45, 7) is 25.8. The molecule has 4 atom stereocenters. The van der Waals surface area contributed by atoms with Crippen molar-refractivity contribution in [2.24, 2.45) is 23.7 Å². The number of alkyl halides is 6. The van der Waals surface area contributed by atoms with Gasteiger partial charge in [0.05, 0.1) is 64.4 Å². The van der Waals surface area contributed by atoms with Gasteiger partial charge in [-0.05, 0) is 264 Å². The highest BCUT2D eigenvalue weighted by atomic mass is 35.5. The van der Waals surface area contributed by atoms with E-state index in [1.807, 2.05) is 119 Å². The summed E-state index contributed by atoms with van der Waals surface area (Å²) < 4.78 is 89.2. The third kappa shape index (κ3) is 28.0. The van der Waals surface area contributed by atoms with E-state index >= 15 is 0 Å². The van der Waals surface area contributed by atoms with E-state index in [0.29, 0.717) is 78.4 Å². The summed E-state index contributed by atoms with van der Waals surface area (Å²) in [5, 5.41) is 23.4. The lowest BCUT2D eigenvalue weighted by atomic mass is 9.82. The molecule has 26 heteroatoms. The number of likely N-dealkylation sites (tertiary alicyclic amines) is 3. The zero-order valence-electron chi connectivity index (χ0n) is 62.9. The van der Waals surface area contributed by atoms with Gasteiger partial charge < -0.3 is 44.4 Å². The van der Waals surface area contributed by atoms with Gasteiger partial charge in [-0.3, -0.25) is 28.8 Å². The molecule has 4 saturated heterocycles. The Labute approximate surface area is 656 Å². The average Bonchev–Trinajstić information content (AvgIpc) is 0.809. The molecule has 4 aliphatic rings. The highest BCUT2D eigenvalue weighted by Crippen LogP contribution is 2.36. The van der Waals surface area contributed by atoms with E-state index in [1.54, 1.807) is 62.1 Å². The molecule has 15 nitrogen and oxygen atoms in total. The van der Waals surface area contributed by atoms with Crippen LogP contribution in [-0.2, 0) is 72.3 Å². The van der Waals surface area contributed by atoms with E-state index in [0.717, 1.165) is 130 Å². The molecule has 4 heterocycles. The Morgan fingerprint density at radius 3 is 1.12 bits per heavy atom. The van der Waals surface area contributed by atoms with Gasteiger partial charge in [-0.15, -0.1) is 0 Å². The number of aliphatic hydroxyl groups excluding tert-OH is 1. The number of nitrogens with one attached hydrogen (secondary N) is 1. The summed E-state index contributed by atoms with van der Waals surface area (Å²) in [5.74, 6) is 0.424. The number of hydrogen-bond donors (Lipinski definition) is 3. The molecular formula is C82H101Cl5F6N4O11. The Bertz CT molecular complexity index is 3810. The van der Waals surface area contributed by atoms with Crippen molar-refractivity contribution in [2.45, 2.75) is 155 Å². The lowest BCUT2D eigenvalue weighted by molar-refractivity contribution is -0.152. The normalized spacial score (nSPS) is 17.6. The van der Waals surface area contributed by atoms with Crippen LogP contribution in [0, 0.1) is 23.7 Å². The first-order valence-corrected chi connectivity index (χ1v) is 38.0. The Kier molecular flexibility index (Phi) is 35.9. The van der Waals surface area contributed by atoms with E-state index in [4.69, 9.17) is 77.3 Å². The van der Waals surface area contributed by atoms with Crippen molar-refractivity contribution in [1.82, 2.24) is 20.0 Å². The van der Waals surface area contributed by atoms with E-state index in [9.17, 15) is 60.2 Å². The van der Waals surface area contributed by atoms with Gasteiger partial charge in [0.15, 0.2) is 0 Å². The van der Waals surface area contributed by atoms with Crippen molar-refractivity contribution in [3.8, 4) is 11.5 Å². The molecule has 0 radical (unpaired) electrons. The van der Waals surface area contributed by atoms with Gasteiger partial charge in [-0.2, -0.15) is 26.3 Å². The topological polar surface area (TPSA) is 192 Å². The van der Waals surface area contributed by atoms with Crippen LogP contribution in [0.1, 0.15) is 154 Å². The average molecular weight is 1610 g/mol. The van der Waals surface area contributed by atoms with Gasteiger partial charge in [0.1, 0.15) is 11.5 Å². The largest absolute Gasteiger partial charge is 0.508 e. The van der Waals surface area contributed by atoms with Crippen LogP contribution >= 0.6 is 58.0 Å². The predicted molar refractivity (Wildman–Crippen MR) is 413 cm³/mol. The summed E-state index contributed by atoms with van der Waals surface area (Å²) in [6, 6.07) is 37.6. The Morgan fingerprint density at radius 2 is 0.769 bits per heavy atom. The number of rotatable bonds is 16. The second kappa shape index (κ2) is 42.3. The van der Waals surface area contributed by atoms with Crippen LogP contribution in [0.15, 0.2) is 146 Å². The zero-order chi connectivity index (χ0) is 80.4. The minimum atomic E-state index is -4.36. The first kappa shape index (κ1) is 91.5. The molecule has 6 aromatic carbocycles. The Hall–Kier alpha value is -7.11. The second-order valence-corrected chi connectivity index (χ2v) is 31.1. The Balaban J connectivity index is 0.000000242. The maximum Gasteiger partial charge on any atom is 0.416 e. The number of phenolic OH excluding ortho intramolecular Hbond substituents is 1. The van der Waals surface area contributed by atoms with Crippen LogP contribution in [0.2, 0.25) is 20.1 Å². The van der Waals surface area contributed by atoms with Crippen molar-refractivity contribution >= 4 is 92.9 Å². The lowest BCUT2D eigenvalue weighted by Crippen LogP contribution is -2.49. The van der Waals surface area contributed by atoms with Gasteiger partial charge in [0.25, 0.3) is 0 Å². The van der Waals surface area contributed by atoms with Gasteiger partial charge in [0.2, 0.25) is 23.0 Å². The molecule has 592 valence electrons. The number of piperidine rings is 4. The van der Waals surface area contributed by atoms with E-state index in [1.165, 1.54) is 12.1 Å². The summed E-state index contributed by atoms with van der Waals surface area (Å²) in [6.07, 6.45) is -1.27. The van der Waals surface area contributed by atoms with Crippen LogP contribution in [0.3, 0.4) is 0 Å². The van der Waals surface area contributed by atoms with Crippen LogP contribution in [0.4, 0.5) is 26.3 Å². The number of benzene rings is 6. The monoisotopic (exact) mass is 1610 g/mol. The van der Waals surface area contributed by atoms with Crippen LogP contribution in [0.5, 0.6) is 11.5 Å². The molecule has 0 saturated carbocycles. The van der Waals surface area contributed by atoms with Gasteiger partial charge in [-0.25, -0.2) is 0 Å². The minimum absolute atomic E-state index is 0.0359. The first-order valence-electron chi connectivity index (χ1n) is 36.1. The van der Waals surface area contributed by atoms with Crippen molar-refractivity contribution in [1.29, 1.82) is 0 Å². The highest BCUT2D eigenvalue weighted by molar-refractivity contribution is 6.65. The van der Waals surface area contributed by atoms with Crippen LogP contribution < -0.4 is 10.1 Å². The third-order valence-corrected chi connectivity index (χ3v) is 20.8. The van der Waals surface area contributed by atoms with Gasteiger partial charge in [0, 0.05) is 78.4 Å². The zero-order valence-corrected chi connectivity index (χ0v) is 66.7. The molecule has 4 aliphatic heterocycles. The number of amides is 3. The fourth-order valence-corrected chi connectivity index (χ4v) is 13.1. The van der Waals surface area contributed by atoms with E-state index < -0.39 is 45.1 Å². The number of phenols is 1. The number of aliphatic hydroxyl groups is 1. The number of carbonyl (C=O) groups is 6. The molecule has 0 unspecified atom stereocenters. The fourth-order valence-electron chi connectivity index (χ4n) is 12.5. The van der Waals surface area contributed by atoms with Crippen molar-refractivity contribution in [3.63, 3.8) is 0 Å². The summed E-state index contributed by atoms with van der Waals surface area (Å²) in [7, 11) is 0.